The van der Waals surface area contributed by atoms with Crippen LogP contribution in [0.3, 0.4) is 0 Å². The van der Waals surface area contributed by atoms with Gasteiger partial charge in [0.15, 0.2) is 0 Å². The summed E-state index contributed by atoms with van der Waals surface area (Å²) in [7, 11) is 0. The van der Waals surface area contributed by atoms with Gasteiger partial charge in [-0.15, -0.1) is 0 Å². The Morgan fingerprint density at radius 3 is 2.46 bits per heavy atom. The molecule has 2 aromatic rings. The van der Waals surface area contributed by atoms with Crippen LogP contribution < -0.4 is 15.8 Å². The number of benzene rings is 2. The van der Waals surface area contributed by atoms with Crippen LogP contribution in [0.1, 0.15) is 38.3 Å². The number of allylic oxidation sites excluding steroid dienone is 3. The fraction of sp³-hybridized carbons (Fsp3) is 0.375. The third-order valence-electron chi connectivity index (χ3n) is 7.42. The van der Waals surface area contributed by atoms with Gasteiger partial charge in [-0.05, 0) is 62.6 Å². The minimum absolute atomic E-state index is 0.0302. The number of amides is 1. The Morgan fingerprint density at radius 1 is 1.12 bits per heavy atom. The largest absolute Gasteiger partial charge is 0.425 e. The predicted molar refractivity (Wildman–Crippen MR) is 159 cm³/mol. The molecule has 9 heteroatoms. The van der Waals surface area contributed by atoms with E-state index in [-0.39, 0.29) is 24.0 Å². The topological polar surface area (TPSA) is 83.2 Å². The lowest BCUT2D eigenvalue weighted by Gasteiger charge is -2.27. The molecule has 2 aliphatic rings. The molecule has 41 heavy (non-hydrogen) atoms. The number of nitrogens with one attached hydrogen (secondary N) is 1. The number of hydrogen-bond donors (Lipinski definition) is 2. The molecular weight excluding hydrogens is 524 g/mol. The van der Waals surface area contributed by atoms with Gasteiger partial charge in [0, 0.05) is 68.9 Å². The van der Waals surface area contributed by atoms with Gasteiger partial charge in [0.05, 0.1) is 5.70 Å². The van der Waals surface area contributed by atoms with Gasteiger partial charge < -0.3 is 20.7 Å². The Balaban J connectivity index is 1.59. The first kappa shape index (κ1) is 30.1. The number of rotatable bonds is 8. The van der Waals surface area contributed by atoms with Gasteiger partial charge in [-0.25, -0.2) is 13.8 Å². The lowest BCUT2D eigenvalue weighted by atomic mass is 9.99. The molecule has 1 aliphatic heterocycles. The molecule has 0 aromatic heterocycles. The van der Waals surface area contributed by atoms with E-state index >= 15 is 8.78 Å². The number of carbonyl (C=O) groups is 1. The molecule has 0 saturated carbocycles. The normalized spacial score (nSPS) is 16.4. The van der Waals surface area contributed by atoms with Crippen molar-refractivity contribution in [2.75, 3.05) is 39.3 Å². The number of hydrogen-bond acceptors (Lipinski definition) is 5. The Bertz CT molecular complexity index is 1380. The molecule has 218 valence electrons. The van der Waals surface area contributed by atoms with Crippen LogP contribution >= 0.6 is 0 Å². The lowest BCUT2D eigenvalue weighted by molar-refractivity contribution is -0.126. The second-order valence-electron chi connectivity index (χ2n) is 10.3. The number of para-hydroxylation sites is 1. The number of likely N-dealkylation sites (N-methyl/N-ethyl adjacent to an activating group) is 1. The predicted octanol–water partition coefficient (Wildman–Crippen LogP) is 5.07. The zero-order valence-electron chi connectivity index (χ0n) is 24.3. The van der Waals surface area contributed by atoms with Gasteiger partial charge in [0.25, 0.3) is 11.9 Å². The number of carbonyl (C=O) groups excluding carboxylic acids is 1. The smallest absolute Gasteiger partial charge is 0.292 e. The molecule has 1 amide bonds. The van der Waals surface area contributed by atoms with Crippen LogP contribution in [-0.4, -0.2) is 61.0 Å². The summed E-state index contributed by atoms with van der Waals surface area (Å²) in [6.45, 7) is 12.2. The SMILES string of the molecule is CCN(CC)C(=O)C1=C(C)C=C(N=C(N)Oc2c(C)cccc2-c2cc(F)c(CN3CCNCC3)c(F)c2)CC=C1. The van der Waals surface area contributed by atoms with Crippen molar-refractivity contribution in [2.45, 2.75) is 40.7 Å². The summed E-state index contributed by atoms with van der Waals surface area (Å²) >= 11 is 0. The highest BCUT2D eigenvalue weighted by Crippen LogP contribution is 2.35. The molecule has 2 aromatic carbocycles. The number of nitrogens with two attached hydrogens (primary N) is 1. The molecule has 0 radical (unpaired) electrons. The summed E-state index contributed by atoms with van der Waals surface area (Å²) in [4.78, 5) is 21.2. The molecule has 0 unspecified atom stereocenters. The molecule has 3 N–H and O–H groups in total. The minimum Gasteiger partial charge on any atom is -0.425 e. The number of aliphatic imine (C=N–C) groups is 1. The van der Waals surface area contributed by atoms with E-state index in [0.717, 1.165) is 37.3 Å². The fourth-order valence-electron chi connectivity index (χ4n) is 5.10. The molecule has 0 bridgehead atoms. The van der Waals surface area contributed by atoms with Gasteiger partial charge >= 0.3 is 0 Å². The molecule has 1 saturated heterocycles. The first-order valence-electron chi connectivity index (χ1n) is 14.1. The quantitative estimate of drug-likeness (QED) is 0.346. The van der Waals surface area contributed by atoms with Crippen LogP contribution in [0.4, 0.5) is 8.78 Å². The van der Waals surface area contributed by atoms with Crippen molar-refractivity contribution in [3.63, 3.8) is 0 Å². The summed E-state index contributed by atoms with van der Waals surface area (Å²) in [5, 5.41) is 3.25. The summed E-state index contributed by atoms with van der Waals surface area (Å²) in [6, 6.07) is 7.96. The van der Waals surface area contributed by atoms with Crippen LogP contribution in [-0.2, 0) is 11.3 Å². The number of halogens is 2. The maximum atomic E-state index is 15.2. The van der Waals surface area contributed by atoms with Gasteiger partial charge in [-0.1, -0.05) is 30.4 Å². The average molecular weight is 564 g/mol. The van der Waals surface area contributed by atoms with Gasteiger partial charge in [-0.3, -0.25) is 9.69 Å². The molecule has 0 spiro atoms. The van der Waals surface area contributed by atoms with Crippen LogP contribution in [0.15, 0.2) is 70.4 Å². The molecule has 1 aliphatic carbocycles. The zero-order valence-corrected chi connectivity index (χ0v) is 24.3. The summed E-state index contributed by atoms with van der Waals surface area (Å²) in [6.07, 6.45) is 5.98. The van der Waals surface area contributed by atoms with E-state index in [1.54, 1.807) is 17.0 Å². The number of ether oxygens (including phenoxy) is 1. The molecule has 4 rings (SSSR count). The Hall–Kier alpha value is -3.82. The van der Waals surface area contributed by atoms with Gasteiger partial charge in [-0.2, -0.15) is 0 Å². The Morgan fingerprint density at radius 2 is 1.80 bits per heavy atom. The zero-order chi connectivity index (χ0) is 29.5. The van der Waals surface area contributed by atoms with E-state index < -0.39 is 11.6 Å². The molecule has 7 nitrogen and oxygen atoms in total. The second-order valence-corrected chi connectivity index (χ2v) is 10.3. The molecular formula is C32H39F2N5O2. The number of amidine groups is 1. The minimum atomic E-state index is -0.597. The van der Waals surface area contributed by atoms with E-state index in [1.807, 2.05) is 56.9 Å². The Kier molecular flexibility index (Phi) is 10.1. The van der Waals surface area contributed by atoms with Crippen LogP contribution in [0.25, 0.3) is 11.1 Å². The summed E-state index contributed by atoms with van der Waals surface area (Å²) in [5.74, 6) is -0.852. The monoisotopic (exact) mass is 563 g/mol. The second kappa shape index (κ2) is 13.7. The summed E-state index contributed by atoms with van der Waals surface area (Å²) in [5.41, 5.74) is 9.92. The highest BCUT2D eigenvalue weighted by atomic mass is 19.1. The average Bonchev–Trinajstić information content (AvgIpc) is 3.13. The number of aryl methyl sites for hydroxylation is 1. The van der Waals surface area contributed by atoms with Crippen molar-refractivity contribution in [1.82, 2.24) is 15.1 Å². The molecule has 1 fully saturated rings. The van der Waals surface area contributed by atoms with Crippen molar-refractivity contribution in [3.8, 4) is 16.9 Å². The van der Waals surface area contributed by atoms with E-state index in [1.165, 1.54) is 12.1 Å². The van der Waals surface area contributed by atoms with E-state index in [0.29, 0.717) is 47.7 Å². The van der Waals surface area contributed by atoms with Crippen molar-refractivity contribution in [2.24, 2.45) is 10.7 Å². The fourth-order valence-corrected chi connectivity index (χ4v) is 5.10. The maximum absolute atomic E-state index is 15.2. The van der Waals surface area contributed by atoms with E-state index in [9.17, 15) is 4.79 Å². The van der Waals surface area contributed by atoms with Crippen LogP contribution in [0.5, 0.6) is 5.75 Å². The Labute approximate surface area is 241 Å². The lowest BCUT2D eigenvalue weighted by Crippen LogP contribution is -2.43. The molecule has 0 atom stereocenters. The van der Waals surface area contributed by atoms with E-state index in [4.69, 9.17) is 10.5 Å². The highest BCUT2D eigenvalue weighted by Gasteiger charge is 2.20. The van der Waals surface area contributed by atoms with Crippen LogP contribution in [0, 0.1) is 18.6 Å². The van der Waals surface area contributed by atoms with Crippen molar-refractivity contribution in [1.29, 1.82) is 0 Å². The standard InChI is InChI=1S/C32H39F2N5O2/c1-5-39(6-2)31(40)25-11-8-10-24(17-22(25)4)37-32(35)41-30-21(3)9-7-12-26(30)23-18-28(33)27(29(34)19-23)20-38-15-13-36-14-16-38/h7-9,11-12,17-19,36H,5-6,10,13-16,20H2,1-4H3,(H2,35,37). The van der Waals surface area contributed by atoms with Crippen molar-refractivity contribution >= 4 is 11.9 Å². The highest BCUT2D eigenvalue weighted by molar-refractivity contribution is 5.97. The van der Waals surface area contributed by atoms with Gasteiger partial charge in [0.1, 0.15) is 17.4 Å². The van der Waals surface area contributed by atoms with E-state index in [2.05, 4.69) is 10.3 Å². The molecule has 1 heterocycles. The number of nitrogens with zero attached hydrogens (tertiary/aromatic N) is 3. The summed E-state index contributed by atoms with van der Waals surface area (Å²) < 4.78 is 36.4. The first-order chi connectivity index (χ1) is 19.7. The van der Waals surface area contributed by atoms with Crippen molar-refractivity contribution in [3.05, 3.63) is 88.2 Å². The third kappa shape index (κ3) is 7.28. The van der Waals surface area contributed by atoms with Crippen molar-refractivity contribution < 1.29 is 18.3 Å². The first-order valence-corrected chi connectivity index (χ1v) is 14.1. The third-order valence-corrected chi connectivity index (χ3v) is 7.42. The van der Waals surface area contributed by atoms with Gasteiger partial charge in [0.2, 0.25) is 0 Å². The maximum Gasteiger partial charge on any atom is 0.292 e. The number of piperazine rings is 1. The van der Waals surface area contributed by atoms with Crippen LogP contribution in [0.2, 0.25) is 0 Å².